The van der Waals surface area contributed by atoms with Crippen LogP contribution in [0.1, 0.15) is 219 Å². The molecule has 428 valence electrons. The van der Waals surface area contributed by atoms with Crippen molar-refractivity contribution >= 4 is 0 Å². The molecule has 16 rings (SSSR count). The van der Waals surface area contributed by atoms with Gasteiger partial charge in [0.15, 0.2) is 0 Å². The van der Waals surface area contributed by atoms with Crippen LogP contribution in [0.25, 0.3) is 44.5 Å². The predicted octanol–water partition coefficient (Wildman–Crippen LogP) is 16.0. The average Bonchev–Trinajstić information content (AvgIpc) is 3.35. The van der Waals surface area contributed by atoms with Gasteiger partial charge in [-0.15, -0.1) is 44.5 Å². The van der Waals surface area contributed by atoms with E-state index < -0.39 is 0 Å². The number of rotatable bonds is 4. The molecule has 4 fully saturated rings. The molecule has 4 unspecified atom stereocenters. The number of aryl methyl sites for hydroxylation is 4. The molecule has 8 aliphatic rings. The van der Waals surface area contributed by atoms with Gasteiger partial charge in [-0.2, -0.15) is 95.1 Å². The maximum absolute atomic E-state index is 3.58. The molecule has 4 heteroatoms. The van der Waals surface area contributed by atoms with Gasteiger partial charge in [-0.3, -0.25) is 0 Å². The van der Waals surface area contributed by atoms with Crippen molar-refractivity contribution in [2.75, 3.05) is 0 Å². The molecule has 4 saturated carbocycles. The Hall–Kier alpha value is -3.89. The molecule has 0 N–H and O–H groups in total. The Bertz CT molecular complexity index is 3020. The Labute approximate surface area is 556 Å². The summed E-state index contributed by atoms with van der Waals surface area (Å²) < 4.78 is 0. The SMILES string of the molecule is Cc1cc[c-]c2c1-c1ccccc1C2C1CCCCC1.Cc1cc[c-]c2c1-c1ccccc1C2C1CCCCC1.Cc1cc[c-]c2c1-c1ccccc1C2C1CCCCC1.Cc1cc[c-]c2c1-c1ccccc1C2C1CCCCC1.[Cl-].[Cl-].[Zr+2].[Zr+2]. The third-order valence-corrected chi connectivity index (χ3v) is 20.9. The van der Waals surface area contributed by atoms with Crippen molar-refractivity contribution in [2.24, 2.45) is 23.7 Å². The van der Waals surface area contributed by atoms with Crippen LogP contribution in [0.15, 0.2) is 146 Å². The number of halogens is 2. The summed E-state index contributed by atoms with van der Waals surface area (Å²) in [6, 6.07) is 67.8. The Balaban J connectivity index is 0.000000132. The topological polar surface area (TPSA) is 0 Å². The summed E-state index contributed by atoms with van der Waals surface area (Å²) in [7, 11) is 0. The maximum Gasteiger partial charge on any atom is 2.00 e. The predicted molar refractivity (Wildman–Crippen MR) is 335 cm³/mol. The molecule has 0 heterocycles. The van der Waals surface area contributed by atoms with Gasteiger partial charge in [-0.25, -0.2) is 0 Å². The van der Waals surface area contributed by atoms with Gasteiger partial charge in [0.2, 0.25) is 0 Å². The molecule has 8 aromatic rings. The third kappa shape index (κ3) is 12.6. The van der Waals surface area contributed by atoms with Crippen LogP contribution in [0, 0.1) is 75.6 Å². The van der Waals surface area contributed by atoms with Crippen molar-refractivity contribution in [2.45, 2.75) is 180 Å². The zero-order valence-electron chi connectivity index (χ0n) is 50.4. The molecule has 0 spiro atoms. The van der Waals surface area contributed by atoms with E-state index >= 15 is 0 Å². The summed E-state index contributed by atoms with van der Waals surface area (Å²) >= 11 is 0. The van der Waals surface area contributed by atoms with Crippen LogP contribution < -0.4 is 24.8 Å². The van der Waals surface area contributed by atoms with Gasteiger partial charge in [0, 0.05) is 0 Å². The Morgan fingerprint density at radius 2 is 0.452 bits per heavy atom. The molecule has 0 saturated heterocycles. The molecule has 0 aromatic heterocycles. The van der Waals surface area contributed by atoms with E-state index in [1.54, 1.807) is 22.3 Å². The van der Waals surface area contributed by atoms with Gasteiger partial charge in [0.05, 0.1) is 0 Å². The fraction of sp³-hybridized carbons (Fsp3) is 0.400. The van der Waals surface area contributed by atoms with Crippen molar-refractivity contribution in [1.82, 2.24) is 0 Å². The van der Waals surface area contributed by atoms with Crippen LogP contribution in [0.2, 0.25) is 0 Å². The second-order valence-corrected chi connectivity index (χ2v) is 25.6. The van der Waals surface area contributed by atoms with Gasteiger partial charge < -0.3 is 24.8 Å². The first-order chi connectivity index (χ1) is 39.4. The Morgan fingerprint density at radius 3 is 0.655 bits per heavy atom. The molecular formula is C80H84Cl2Zr2-2. The summed E-state index contributed by atoms with van der Waals surface area (Å²) in [6.45, 7) is 8.97. The van der Waals surface area contributed by atoms with Crippen LogP contribution in [-0.4, -0.2) is 0 Å². The molecule has 8 aromatic carbocycles. The maximum atomic E-state index is 3.58. The number of hydrogen-bond acceptors (Lipinski definition) is 0. The average molecular weight is 1300 g/mol. The zero-order chi connectivity index (χ0) is 54.1. The first-order valence-electron chi connectivity index (χ1n) is 31.9. The largest absolute Gasteiger partial charge is 2.00 e. The van der Waals surface area contributed by atoms with E-state index in [0.717, 1.165) is 23.7 Å². The molecule has 0 radical (unpaired) electrons. The zero-order valence-corrected chi connectivity index (χ0v) is 56.8. The number of benzene rings is 8. The van der Waals surface area contributed by atoms with Crippen molar-refractivity contribution in [1.29, 1.82) is 0 Å². The summed E-state index contributed by atoms with van der Waals surface area (Å²) in [4.78, 5) is 0. The van der Waals surface area contributed by atoms with Gasteiger partial charge >= 0.3 is 52.4 Å². The molecule has 0 bridgehead atoms. The standard InChI is InChI=1S/4C20H21.2ClH.2Zr/c4*1-14-8-7-13-18-19(14)16-11-5-6-12-17(16)20(18)15-9-3-2-4-10-15;;;;/h4*5-8,11-12,15,20H,2-4,9-10H2,1H3;2*1H;;/q4*-1;;;2*+2/p-2. The Kier molecular flexibility index (Phi) is 22.6. The molecule has 0 nitrogen and oxygen atoms in total. The van der Waals surface area contributed by atoms with Gasteiger partial charge in [-0.1, -0.05) is 224 Å². The normalized spacial score (nSPS) is 20.5. The first-order valence-corrected chi connectivity index (χ1v) is 31.9. The van der Waals surface area contributed by atoms with Crippen LogP contribution in [-0.2, 0) is 52.4 Å². The fourth-order valence-corrected chi connectivity index (χ4v) is 17.3. The molecular weight excluding hydrogens is 1210 g/mol. The molecule has 4 atom stereocenters. The minimum Gasteiger partial charge on any atom is -1.00 e. The van der Waals surface area contributed by atoms with Crippen LogP contribution in [0.3, 0.4) is 0 Å². The van der Waals surface area contributed by atoms with E-state index in [2.05, 4.69) is 198 Å². The van der Waals surface area contributed by atoms with Gasteiger partial charge in [-0.05, 0) is 121 Å². The van der Waals surface area contributed by atoms with Crippen LogP contribution in [0.4, 0.5) is 0 Å². The first kappa shape index (κ1) is 64.6. The minimum atomic E-state index is 0. The van der Waals surface area contributed by atoms with E-state index in [1.165, 1.54) is 217 Å². The fourth-order valence-electron chi connectivity index (χ4n) is 17.3. The van der Waals surface area contributed by atoms with Crippen molar-refractivity contribution in [3.63, 3.8) is 0 Å². The quantitative estimate of drug-likeness (QED) is 0.154. The van der Waals surface area contributed by atoms with Crippen molar-refractivity contribution in [3.05, 3.63) is 237 Å². The second kappa shape index (κ2) is 29.4. The van der Waals surface area contributed by atoms with E-state index in [-0.39, 0.29) is 77.2 Å². The summed E-state index contributed by atoms with van der Waals surface area (Å²) in [5.41, 5.74) is 29.5. The second-order valence-electron chi connectivity index (χ2n) is 25.6. The van der Waals surface area contributed by atoms with E-state index in [4.69, 9.17) is 0 Å². The summed E-state index contributed by atoms with van der Waals surface area (Å²) in [5, 5.41) is 0. The third-order valence-electron chi connectivity index (χ3n) is 20.9. The van der Waals surface area contributed by atoms with E-state index in [9.17, 15) is 0 Å². The smallest absolute Gasteiger partial charge is 1.00 e. The van der Waals surface area contributed by atoms with E-state index in [1.807, 2.05) is 0 Å². The molecule has 8 aliphatic carbocycles. The Morgan fingerprint density at radius 1 is 0.262 bits per heavy atom. The molecule has 0 amide bonds. The van der Waals surface area contributed by atoms with Crippen molar-refractivity contribution < 1.29 is 77.2 Å². The van der Waals surface area contributed by atoms with Crippen molar-refractivity contribution in [3.8, 4) is 44.5 Å². The van der Waals surface area contributed by atoms with Gasteiger partial charge in [0.25, 0.3) is 0 Å². The molecule has 84 heavy (non-hydrogen) atoms. The monoisotopic (exact) mass is 1290 g/mol. The van der Waals surface area contributed by atoms with Gasteiger partial charge in [0.1, 0.15) is 0 Å². The van der Waals surface area contributed by atoms with Crippen LogP contribution >= 0.6 is 0 Å². The number of hydrogen-bond donors (Lipinski definition) is 0. The summed E-state index contributed by atoms with van der Waals surface area (Å²) in [6.07, 6.45) is 28.1. The van der Waals surface area contributed by atoms with Crippen LogP contribution in [0.5, 0.6) is 0 Å². The number of fused-ring (bicyclic) bond motifs is 12. The molecule has 0 aliphatic heterocycles. The summed E-state index contributed by atoms with van der Waals surface area (Å²) in [5.74, 6) is 5.69. The minimum absolute atomic E-state index is 0. The van der Waals surface area contributed by atoms with E-state index in [0.29, 0.717) is 23.7 Å².